The molecule has 1 aromatic heterocycles. The van der Waals surface area contributed by atoms with Gasteiger partial charge < -0.3 is 10.6 Å². The first kappa shape index (κ1) is 11.2. The fourth-order valence-corrected chi connectivity index (χ4v) is 2.40. The molecule has 1 aliphatic heterocycles. The Hall–Kier alpha value is -1.25. The van der Waals surface area contributed by atoms with Crippen LogP contribution in [0.5, 0.6) is 0 Å². The topological polar surface area (TPSA) is 42.2 Å². The Balaban J connectivity index is 2.08. The molecule has 0 aliphatic carbocycles. The molecule has 2 rings (SSSR count). The van der Waals surface area contributed by atoms with Crippen molar-refractivity contribution >= 4 is 11.5 Å². The van der Waals surface area contributed by atoms with Crippen molar-refractivity contribution in [1.29, 1.82) is 0 Å². The molecule has 0 aromatic carbocycles. The van der Waals surface area contributed by atoms with Crippen molar-refractivity contribution in [2.75, 3.05) is 23.7 Å². The SMILES string of the molecule is CCC1CCN(c2ncc(C)cc2N)CC1. The first-order valence-corrected chi connectivity index (χ1v) is 6.17. The molecule has 16 heavy (non-hydrogen) atoms. The van der Waals surface area contributed by atoms with Crippen LogP contribution in [0.3, 0.4) is 0 Å². The van der Waals surface area contributed by atoms with E-state index in [0.29, 0.717) is 0 Å². The van der Waals surface area contributed by atoms with Gasteiger partial charge in [0.2, 0.25) is 0 Å². The fourth-order valence-electron chi connectivity index (χ4n) is 2.40. The Bertz CT molecular complexity index is 354. The smallest absolute Gasteiger partial charge is 0.151 e. The van der Waals surface area contributed by atoms with Gasteiger partial charge in [-0.1, -0.05) is 13.3 Å². The minimum absolute atomic E-state index is 0.815. The highest BCUT2D eigenvalue weighted by Gasteiger charge is 2.20. The van der Waals surface area contributed by atoms with E-state index in [1.807, 2.05) is 19.2 Å². The maximum Gasteiger partial charge on any atom is 0.151 e. The van der Waals surface area contributed by atoms with Crippen LogP contribution in [0.4, 0.5) is 11.5 Å². The molecule has 3 heteroatoms. The summed E-state index contributed by atoms with van der Waals surface area (Å²) in [6.45, 7) is 6.49. The Kier molecular flexibility index (Phi) is 3.32. The number of pyridine rings is 1. The predicted molar refractivity (Wildman–Crippen MR) is 68.6 cm³/mol. The lowest BCUT2D eigenvalue weighted by Gasteiger charge is -2.33. The Morgan fingerprint density at radius 1 is 1.44 bits per heavy atom. The number of nitrogen functional groups attached to an aromatic ring is 1. The van der Waals surface area contributed by atoms with Gasteiger partial charge in [0.25, 0.3) is 0 Å². The lowest BCUT2D eigenvalue weighted by Crippen LogP contribution is -2.34. The number of hydrogen-bond donors (Lipinski definition) is 1. The normalized spacial score (nSPS) is 17.8. The van der Waals surface area contributed by atoms with Crippen LogP contribution in [-0.4, -0.2) is 18.1 Å². The van der Waals surface area contributed by atoms with E-state index in [1.165, 1.54) is 19.3 Å². The third-order valence-electron chi connectivity index (χ3n) is 3.52. The van der Waals surface area contributed by atoms with Gasteiger partial charge in [0.1, 0.15) is 0 Å². The van der Waals surface area contributed by atoms with E-state index in [2.05, 4.69) is 16.8 Å². The molecular weight excluding hydrogens is 198 g/mol. The van der Waals surface area contributed by atoms with Gasteiger partial charge in [0, 0.05) is 19.3 Å². The number of aromatic nitrogens is 1. The highest BCUT2D eigenvalue weighted by Crippen LogP contribution is 2.27. The van der Waals surface area contributed by atoms with Gasteiger partial charge in [0.05, 0.1) is 5.69 Å². The quantitative estimate of drug-likeness (QED) is 0.831. The molecule has 1 aromatic rings. The lowest BCUT2D eigenvalue weighted by molar-refractivity contribution is 0.394. The van der Waals surface area contributed by atoms with E-state index < -0.39 is 0 Å². The third-order valence-corrected chi connectivity index (χ3v) is 3.52. The van der Waals surface area contributed by atoms with Crippen LogP contribution in [0.25, 0.3) is 0 Å². The summed E-state index contributed by atoms with van der Waals surface area (Å²) < 4.78 is 0. The Morgan fingerprint density at radius 2 is 2.12 bits per heavy atom. The first-order valence-electron chi connectivity index (χ1n) is 6.17. The standard InChI is InChI=1S/C13H21N3/c1-3-11-4-6-16(7-5-11)13-12(14)8-10(2)9-15-13/h8-9,11H,3-7,14H2,1-2H3. The van der Waals surface area contributed by atoms with E-state index in [4.69, 9.17) is 5.73 Å². The Labute approximate surface area is 97.7 Å². The lowest BCUT2D eigenvalue weighted by atomic mass is 9.94. The summed E-state index contributed by atoms with van der Waals surface area (Å²) in [5, 5.41) is 0. The molecule has 0 bridgehead atoms. The fraction of sp³-hybridized carbons (Fsp3) is 0.615. The summed E-state index contributed by atoms with van der Waals surface area (Å²) in [7, 11) is 0. The Morgan fingerprint density at radius 3 is 2.69 bits per heavy atom. The molecule has 0 radical (unpaired) electrons. The van der Waals surface area contributed by atoms with Crippen molar-refractivity contribution < 1.29 is 0 Å². The molecule has 0 unspecified atom stereocenters. The minimum atomic E-state index is 0.815. The monoisotopic (exact) mass is 219 g/mol. The number of aryl methyl sites for hydroxylation is 1. The predicted octanol–water partition coefficient (Wildman–Crippen LogP) is 2.60. The second-order valence-corrected chi connectivity index (χ2v) is 4.76. The van der Waals surface area contributed by atoms with E-state index >= 15 is 0 Å². The molecule has 88 valence electrons. The van der Waals surface area contributed by atoms with Gasteiger partial charge in [0.15, 0.2) is 5.82 Å². The molecule has 1 aliphatic rings. The number of nitrogens with two attached hydrogens (primary N) is 1. The van der Waals surface area contributed by atoms with Crippen molar-refractivity contribution in [1.82, 2.24) is 4.98 Å². The van der Waals surface area contributed by atoms with Crippen LogP contribution in [0.15, 0.2) is 12.3 Å². The highest BCUT2D eigenvalue weighted by atomic mass is 15.2. The molecule has 2 heterocycles. The van der Waals surface area contributed by atoms with Gasteiger partial charge in [-0.15, -0.1) is 0 Å². The average Bonchev–Trinajstić information content (AvgIpc) is 2.29. The van der Waals surface area contributed by atoms with E-state index in [1.54, 1.807) is 0 Å². The van der Waals surface area contributed by atoms with E-state index in [9.17, 15) is 0 Å². The molecule has 0 atom stereocenters. The number of hydrogen-bond acceptors (Lipinski definition) is 3. The van der Waals surface area contributed by atoms with Crippen molar-refractivity contribution in [2.45, 2.75) is 33.1 Å². The van der Waals surface area contributed by atoms with Crippen molar-refractivity contribution in [3.8, 4) is 0 Å². The maximum atomic E-state index is 6.02. The summed E-state index contributed by atoms with van der Waals surface area (Å²) in [4.78, 5) is 6.77. The molecule has 0 spiro atoms. The zero-order valence-electron chi connectivity index (χ0n) is 10.2. The summed E-state index contributed by atoms with van der Waals surface area (Å²) in [5.41, 5.74) is 7.96. The van der Waals surface area contributed by atoms with E-state index in [-0.39, 0.29) is 0 Å². The zero-order valence-corrected chi connectivity index (χ0v) is 10.2. The summed E-state index contributed by atoms with van der Waals surface area (Å²) in [6.07, 6.45) is 5.74. The second-order valence-electron chi connectivity index (χ2n) is 4.76. The molecular formula is C13H21N3. The number of nitrogens with zero attached hydrogens (tertiary/aromatic N) is 2. The molecule has 1 saturated heterocycles. The molecule has 2 N–H and O–H groups in total. The second kappa shape index (κ2) is 4.73. The summed E-state index contributed by atoms with van der Waals surface area (Å²) >= 11 is 0. The van der Waals surface area contributed by atoms with Gasteiger partial charge in [-0.2, -0.15) is 0 Å². The van der Waals surface area contributed by atoms with Crippen LogP contribution in [-0.2, 0) is 0 Å². The van der Waals surface area contributed by atoms with Crippen molar-refractivity contribution in [2.24, 2.45) is 5.92 Å². The van der Waals surface area contributed by atoms with Crippen LogP contribution < -0.4 is 10.6 Å². The van der Waals surface area contributed by atoms with Gasteiger partial charge >= 0.3 is 0 Å². The highest BCUT2D eigenvalue weighted by molar-refractivity contribution is 5.63. The molecule has 3 nitrogen and oxygen atoms in total. The van der Waals surface area contributed by atoms with Crippen molar-refractivity contribution in [3.05, 3.63) is 17.8 Å². The largest absolute Gasteiger partial charge is 0.396 e. The summed E-state index contributed by atoms with van der Waals surface area (Å²) in [6, 6.07) is 2.01. The summed E-state index contributed by atoms with van der Waals surface area (Å²) in [5.74, 6) is 1.86. The van der Waals surface area contributed by atoms with Crippen LogP contribution in [0.2, 0.25) is 0 Å². The first-order chi connectivity index (χ1) is 7.70. The van der Waals surface area contributed by atoms with Gasteiger partial charge in [-0.25, -0.2) is 4.98 Å². The van der Waals surface area contributed by atoms with Gasteiger partial charge in [-0.05, 0) is 37.3 Å². The number of rotatable bonds is 2. The van der Waals surface area contributed by atoms with Crippen molar-refractivity contribution in [3.63, 3.8) is 0 Å². The molecule has 0 saturated carbocycles. The zero-order chi connectivity index (χ0) is 11.5. The van der Waals surface area contributed by atoms with Crippen LogP contribution in [0, 0.1) is 12.8 Å². The van der Waals surface area contributed by atoms with E-state index in [0.717, 1.165) is 36.1 Å². The maximum absolute atomic E-state index is 6.02. The molecule has 0 amide bonds. The average molecular weight is 219 g/mol. The van der Waals surface area contributed by atoms with Crippen LogP contribution in [0.1, 0.15) is 31.7 Å². The molecule has 1 fully saturated rings. The minimum Gasteiger partial charge on any atom is -0.396 e. The third kappa shape index (κ3) is 2.29. The number of anilines is 2. The number of piperidine rings is 1. The van der Waals surface area contributed by atoms with Crippen LogP contribution >= 0.6 is 0 Å². The van der Waals surface area contributed by atoms with Gasteiger partial charge in [-0.3, -0.25) is 0 Å².